The number of aromatic hydroxyl groups is 1. The fourth-order valence-electron chi connectivity index (χ4n) is 3.31. The van der Waals surface area contributed by atoms with E-state index in [1.165, 1.54) is 18.4 Å². The number of nitrogens with zero attached hydrogens (tertiary/aromatic N) is 2. The summed E-state index contributed by atoms with van der Waals surface area (Å²) < 4.78 is 0. The van der Waals surface area contributed by atoms with Gasteiger partial charge in [-0.05, 0) is 124 Å². The van der Waals surface area contributed by atoms with Crippen molar-refractivity contribution in [3.8, 4) is 5.75 Å². The summed E-state index contributed by atoms with van der Waals surface area (Å²) in [6, 6.07) is 5.92. The molecule has 1 aromatic carbocycles. The first-order chi connectivity index (χ1) is 15.0. The summed E-state index contributed by atoms with van der Waals surface area (Å²) in [6.07, 6.45) is 4.59. The average molecular weight is 437 g/mol. The van der Waals surface area contributed by atoms with E-state index >= 15 is 0 Å². The Labute approximate surface area is 191 Å². The molecule has 7 heteroatoms. The van der Waals surface area contributed by atoms with Crippen molar-refractivity contribution in [1.29, 1.82) is 0 Å². The third-order valence-corrected chi connectivity index (χ3v) is 5.12. The lowest BCUT2D eigenvalue weighted by Crippen LogP contribution is -2.25. The highest BCUT2D eigenvalue weighted by molar-refractivity contribution is 5.36. The van der Waals surface area contributed by atoms with Crippen molar-refractivity contribution in [1.82, 2.24) is 31.1 Å². The van der Waals surface area contributed by atoms with Gasteiger partial charge in [0.2, 0.25) is 0 Å². The maximum Gasteiger partial charge on any atom is 0.120 e. The zero-order valence-electron chi connectivity index (χ0n) is 20.5. The number of rotatable bonds is 20. The lowest BCUT2D eigenvalue weighted by Gasteiger charge is -2.12. The fourth-order valence-corrected chi connectivity index (χ4v) is 3.31. The van der Waals surface area contributed by atoms with E-state index in [4.69, 9.17) is 0 Å². The van der Waals surface area contributed by atoms with Gasteiger partial charge in [0.25, 0.3) is 0 Å². The van der Waals surface area contributed by atoms with Crippen LogP contribution in [0.4, 0.5) is 0 Å². The molecule has 0 atom stereocenters. The van der Waals surface area contributed by atoms with E-state index in [9.17, 15) is 5.11 Å². The van der Waals surface area contributed by atoms with E-state index in [0.717, 1.165) is 77.3 Å². The van der Waals surface area contributed by atoms with Crippen molar-refractivity contribution in [2.24, 2.45) is 0 Å². The van der Waals surface area contributed by atoms with Gasteiger partial charge < -0.3 is 36.2 Å². The Morgan fingerprint density at radius 2 is 1.13 bits per heavy atom. The van der Waals surface area contributed by atoms with E-state index in [-0.39, 0.29) is 0 Å². The van der Waals surface area contributed by atoms with Gasteiger partial charge in [-0.25, -0.2) is 0 Å². The molecule has 1 aromatic rings. The molecule has 0 radical (unpaired) electrons. The minimum Gasteiger partial charge on any atom is -0.508 e. The first-order valence-corrected chi connectivity index (χ1v) is 11.9. The highest BCUT2D eigenvalue weighted by Crippen LogP contribution is 2.18. The van der Waals surface area contributed by atoms with Crippen LogP contribution >= 0.6 is 0 Å². The number of nitrogens with one attached hydrogen (secondary N) is 4. The SMILES string of the molecule is CN(C)CCCNCCCNCc1ccc(O)c(CNCCCNCCCN(C)C)c1. The van der Waals surface area contributed by atoms with Gasteiger partial charge in [-0.15, -0.1) is 0 Å². The molecule has 0 heterocycles. The van der Waals surface area contributed by atoms with E-state index in [1.807, 2.05) is 12.1 Å². The van der Waals surface area contributed by atoms with Gasteiger partial charge in [0.1, 0.15) is 5.75 Å². The van der Waals surface area contributed by atoms with Crippen LogP contribution in [0.15, 0.2) is 18.2 Å². The molecule has 0 bridgehead atoms. The maximum atomic E-state index is 10.1. The average Bonchev–Trinajstić information content (AvgIpc) is 2.72. The Bertz CT molecular complexity index is 553. The highest BCUT2D eigenvalue weighted by Gasteiger charge is 2.03. The van der Waals surface area contributed by atoms with Crippen LogP contribution < -0.4 is 21.3 Å². The molecule has 0 unspecified atom stereocenters. The van der Waals surface area contributed by atoms with Crippen LogP contribution in [0.2, 0.25) is 0 Å². The molecule has 1 rings (SSSR count). The zero-order valence-corrected chi connectivity index (χ0v) is 20.5. The molecule has 0 aromatic heterocycles. The molecule has 5 N–H and O–H groups in total. The fraction of sp³-hybridized carbons (Fsp3) is 0.750. The second-order valence-electron chi connectivity index (χ2n) is 8.84. The van der Waals surface area contributed by atoms with E-state index in [2.05, 4.69) is 65.3 Å². The van der Waals surface area contributed by atoms with Crippen LogP contribution in [0, 0.1) is 0 Å². The summed E-state index contributed by atoms with van der Waals surface area (Å²) in [5, 5.41) is 24.1. The number of hydrogen-bond donors (Lipinski definition) is 5. The summed E-state index contributed by atoms with van der Waals surface area (Å²) in [6.45, 7) is 9.99. The van der Waals surface area contributed by atoms with Crippen LogP contribution in [0.25, 0.3) is 0 Å². The molecule has 31 heavy (non-hydrogen) atoms. The summed E-state index contributed by atoms with van der Waals surface area (Å²) in [7, 11) is 8.44. The summed E-state index contributed by atoms with van der Waals surface area (Å²) in [5.74, 6) is 0.375. The third-order valence-electron chi connectivity index (χ3n) is 5.12. The molecule has 0 amide bonds. The Morgan fingerprint density at radius 3 is 1.68 bits per heavy atom. The minimum absolute atomic E-state index is 0.375. The van der Waals surface area contributed by atoms with Gasteiger partial charge in [-0.2, -0.15) is 0 Å². The standard InChI is InChI=1S/C24H48N6O/c1-29(2)17-7-15-25-11-5-13-27-20-22-9-10-24(31)23(19-22)21-28-14-6-12-26-16-8-18-30(3)4/h9-10,19,25-28,31H,5-8,11-18,20-21H2,1-4H3. The van der Waals surface area contributed by atoms with E-state index in [1.54, 1.807) is 0 Å². The van der Waals surface area contributed by atoms with Crippen molar-refractivity contribution in [3.63, 3.8) is 0 Å². The summed E-state index contributed by atoms with van der Waals surface area (Å²) in [4.78, 5) is 4.43. The van der Waals surface area contributed by atoms with Crippen LogP contribution in [0.5, 0.6) is 5.75 Å². The van der Waals surface area contributed by atoms with Gasteiger partial charge in [0.15, 0.2) is 0 Å². The lowest BCUT2D eigenvalue weighted by atomic mass is 10.1. The normalized spacial score (nSPS) is 11.7. The third kappa shape index (κ3) is 16.1. The largest absolute Gasteiger partial charge is 0.508 e. The predicted molar refractivity (Wildman–Crippen MR) is 133 cm³/mol. The number of benzene rings is 1. The van der Waals surface area contributed by atoms with Gasteiger partial charge in [0.05, 0.1) is 0 Å². The number of phenols is 1. The molecule has 180 valence electrons. The van der Waals surface area contributed by atoms with Gasteiger partial charge in [0, 0.05) is 18.7 Å². The van der Waals surface area contributed by atoms with Crippen LogP contribution in [0.3, 0.4) is 0 Å². The molecule has 0 aliphatic rings. The quantitative estimate of drug-likeness (QED) is 0.198. The van der Waals surface area contributed by atoms with Crippen LogP contribution in [0.1, 0.15) is 36.8 Å². The van der Waals surface area contributed by atoms with Crippen molar-refractivity contribution in [3.05, 3.63) is 29.3 Å². The van der Waals surface area contributed by atoms with Gasteiger partial charge in [-0.1, -0.05) is 6.07 Å². The second kappa shape index (κ2) is 18.4. The molecular formula is C24H48N6O. The maximum absolute atomic E-state index is 10.1. The highest BCUT2D eigenvalue weighted by atomic mass is 16.3. The Morgan fingerprint density at radius 1 is 0.645 bits per heavy atom. The molecule has 0 fully saturated rings. The number of phenolic OH excluding ortho intramolecular Hbond substituents is 1. The second-order valence-corrected chi connectivity index (χ2v) is 8.84. The Hall–Kier alpha value is -1.22. The zero-order chi connectivity index (χ0) is 22.7. The van der Waals surface area contributed by atoms with Gasteiger partial charge in [-0.3, -0.25) is 0 Å². The van der Waals surface area contributed by atoms with Crippen molar-refractivity contribution < 1.29 is 5.11 Å². The Balaban J connectivity index is 2.08. The molecule has 7 nitrogen and oxygen atoms in total. The molecule has 0 aliphatic carbocycles. The first kappa shape index (κ1) is 27.8. The topological polar surface area (TPSA) is 74.8 Å². The first-order valence-electron chi connectivity index (χ1n) is 11.9. The molecule has 0 aliphatic heterocycles. The van der Waals surface area contributed by atoms with Crippen molar-refractivity contribution >= 4 is 0 Å². The minimum atomic E-state index is 0.375. The number of hydrogen-bond acceptors (Lipinski definition) is 7. The van der Waals surface area contributed by atoms with E-state index in [0.29, 0.717) is 12.3 Å². The van der Waals surface area contributed by atoms with Crippen LogP contribution in [-0.4, -0.2) is 95.5 Å². The molecular weight excluding hydrogens is 388 g/mol. The monoisotopic (exact) mass is 436 g/mol. The summed E-state index contributed by atoms with van der Waals surface area (Å²) in [5.41, 5.74) is 2.19. The van der Waals surface area contributed by atoms with Crippen LogP contribution in [-0.2, 0) is 13.1 Å². The van der Waals surface area contributed by atoms with E-state index < -0.39 is 0 Å². The molecule has 0 saturated heterocycles. The molecule has 0 saturated carbocycles. The van der Waals surface area contributed by atoms with Crippen molar-refractivity contribution in [2.45, 2.75) is 38.8 Å². The lowest BCUT2D eigenvalue weighted by molar-refractivity contribution is 0.394. The predicted octanol–water partition coefficient (Wildman–Crippen LogP) is 1.43. The molecule has 0 spiro atoms. The van der Waals surface area contributed by atoms with Gasteiger partial charge >= 0.3 is 0 Å². The van der Waals surface area contributed by atoms with Crippen molar-refractivity contribution in [2.75, 3.05) is 80.5 Å². The Kier molecular flexibility index (Phi) is 16.5. The smallest absolute Gasteiger partial charge is 0.120 e. The summed E-state index contributed by atoms with van der Waals surface area (Å²) >= 11 is 0.